The standard InChI is InChI=1S/C15H24N2O2S/c1-9-4-5-13(6-10(9)2)19-8-12-7-14(15(18)17-16)20-11(12)3/h7,9-10,13H,4-6,8,16H2,1-3H3,(H,17,18). The van der Waals surface area contributed by atoms with Gasteiger partial charge in [-0.1, -0.05) is 13.8 Å². The molecule has 5 heteroatoms. The number of nitrogens with one attached hydrogen (secondary N) is 1. The van der Waals surface area contributed by atoms with Crippen molar-refractivity contribution in [3.8, 4) is 0 Å². The predicted octanol–water partition coefficient (Wildman–Crippen LogP) is 3.00. The van der Waals surface area contributed by atoms with Gasteiger partial charge in [0.1, 0.15) is 0 Å². The molecule has 1 aromatic rings. The summed E-state index contributed by atoms with van der Waals surface area (Å²) in [6, 6.07) is 1.89. The van der Waals surface area contributed by atoms with E-state index in [-0.39, 0.29) is 5.91 Å². The van der Waals surface area contributed by atoms with Gasteiger partial charge in [-0.05, 0) is 49.7 Å². The Hall–Kier alpha value is -0.910. The topological polar surface area (TPSA) is 64.4 Å². The van der Waals surface area contributed by atoms with Crippen molar-refractivity contribution in [3.05, 3.63) is 21.4 Å². The predicted molar refractivity (Wildman–Crippen MR) is 81.5 cm³/mol. The third-order valence-corrected chi connectivity index (χ3v) is 5.49. The Balaban J connectivity index is 1.91. The molecule has 1 aliphatic rings. The van der Waals surface area contributed by atoms with Crippen LogP contribution in [0.4, 0.5) is 0 Å². The Morgan fingerprint density at radius 3 is 2.85 bits per heavy atom. The second-order valence-electron chi connectivity index (χ2n) is 5.87. The van der Waals surface area contributed by atoms with E-state index in [1.165, 1.54) is 17.8 Å². The van der Waals surface area contributed by atoms with Gasteiger partial charge in [-0.15, -0.1) is 11.3 Å². The van der Waals surface area contributed by atoms with Crippen molar-refractivity contribution in [1.82, 2.24) is 5.43 Å². The molecule has 1 fully saturated rings. The first-order chi connectivity index (χ1) is 9.51. The van der Waals surface area contributed by atoms with E-state index in [9.17, 15) is 4.79 Å². The molecule has 4 nitrogen and oxygen atoms in total. The summed E-state index contributed by atoms with van der Waals surface area (Å²) < 4.78 is 6.04. The average Bonchev–Trinajstić information content (AvgIpc) is 2.80. The number of carbonyl (C=O) groups excluding carboxylic acids is 1. The third kappa shape index (κ3) is 3.59. The molecule has 3 unspecified atom stereocenters. The number of hydrogen-bond donors (Lipinski definition) is 2. The molecule has 0 bridgehead atoms. The third-order valence-electron chi connectivity index (χ3n) is 4.40. The molecule has 0 radical (unpaired) electrons. The summed E-state index contributed by atoms with van der Waals surface area (Å²) in [7, 11) is 0. The Morgan fingerprint density at radius 2 is 2.20 bits per heavy atom. The fourth-order valence-corrected chi connectivity index (χ4v) is 3.63. The van der Waals surface area contributed by atoms with Crippen LogP contribution in [-0.2, 0) is 11.3 Å². The molecule has 2 rings (SSSR count). The molecule has 20 heavy (non-hydrogen) atoms. The van der Waals surface area contributed by atoms with Crippen molar-refractivity contribution < 1.29 is 9.53 Å². The normalized spacial score (nSPS) is 26.5. The molecule has 112 valence electrons. The molecule has 1 amide bonds. The van der Waals surface area contributed by atoms with E-state index in [4.69, 9.17) is 10.6 Å². The van der Waals surface area contributed by atoms with Crippen molar-refractivity contribution >= 4 is 17.2 Å². The van der Waals surface area contributed by atoms with Crippen LogP contribution in [0.5, 0.6) is 0 Å². The maximum absolute atomic E-state index is 11.5. The van der Waals surface area contributed by atoms with Crippen LogP contribution in [0.15, 0.2) is 6.07 Å². The average molecular weight is 296 g/mol. The number of nitrogen functional groups attached to an aromatic ring is 1. The molecule has 3 N–H and O–H groups in total. The van der Waals surface area contributed by atoms with Gasteiger partial charge in [-0.3, -0.25) is 10.2 Å². The number of aryl methyl sites for hydroxylation is 1. The van der Waals surface area contributed by atoms with E-state index >= 15 is 0 Å². The lowest BCUT2D eigenvalue weighted by molar-refractivity contribution is -0.00749. The van der Waals surface area contributed by atoms with Crippen LogP contribution in [0, 0.1) is 18.8 Å². The largest absolute Gasteiger partial charge is 0.373 e. The Bertz CT molecular complexity index is 472. The second kappa shape index (κ2) is 6.70. The van der Waals surface area contributed by atoms with E-state index in [1.54, 1.807) is 0 Å². The first kappa shape index (κ1) is 15.5. The minimum Gasteiger partial charge on any atom is -0.373 e. The van der Waals surface area contributed by atoms with Gasteiger partial charge in [-0.25, -0.2) is 5.84 Å². The quantitative estimate of drug-likeness (QED) is 0.510. The summed E-state index contributed by atoms with van der Waals surface area (Å²) in [5.41, 5.74) is 3.27. The lowest BCUT2D eigenvalue weighted by Gasteiger charge is -2.31. The number of ether oxygens (including phenoxy) is 1. The SMILES string of the molecule is Cc1sc(C(=O)NN)cc1COC1CCC(C)C(C)C1. The van der Waals surface area contributed by atoms with Gasteiger partial charge in [0.05, 0.1) is 17.6 Å². The summed E-state index contributed by atoms with van der Waals surface area (Å²) >= 11 is 1.46. The molecule has 1 saturated carbocycles. The number of carbonyl (C=O) groups is 1. The molecule has 0 aliphatic heterocycles. The first-order valence-corrected chi connectivity index (χ1v) is 8.04. The summed E-state index contributed by atoms with van der Waals surface area (Å²) in [6.07, 6.45) is 3.88. The molecule has 0 aromatic carbocycles. The molecular formula is C15H24N2O2S. The van der Waals surface area contributed by atoms with Crippen LogP contribution in [0.2, 0.25) is 0 Å². The van der Waals surface area contributed by atoms with Crippen molar-refractivity contribution in [3.63, 3.8) is 0 Å². The van der Waals surface area contributed by atoms with Crippen LogP contribution < -0.4 is 11.3 Å². The lowest BCUT2D eigenvalue weighted by Crippen LogP contribution is -2.29. The number of rotatable bonds is 4. The highest BCUT2D eigenvalue weighted by Gasteiger charge is 2.25. The summed E-state index contributed by atoms with van der Waals surface area (Å²) in [5, 5.41) is 0. The second-order valence-corrected chi connectivity index (χ2v) is 7.12. The van der Waals surface area contributed by atoms with E-state index in [1.807, 2.05) is 13.0 Å². The molecule has 1 heterocycles. The summed E-state index contributed by atoms with van der Waals surface area (Å²) in [5.74, 6) is 6.46. The van der Waals surface area contributed by atoms with Crippen LogP contribution in [0.25, 0.3) is 0 Å². The molecule has 0 saturated heterocycles. The van der Waals surface area contributed by atoms with Crippen molar-refractivity contribution in [2.75, 3.05) is 0 Å². The number of hydrazine groups is 1. The zero-order valence-electron chi connectivity index (χ0n) is 12.4. The molecule has 0 spiro atoms. The first-order valence-electron chi connectivity index (χ1n) is 7.23. The van der Waals surface area contributed by atoms with Gasteiger partial charge < -0.3 is 4.74 Å². The van der Waals surface area contributed by atoms with Crippen molar-refractivity contribution in [2.45, 2.75) is 52.7 Å². The van der Waals surface area contributed by atoms with Crippen molar-refractivity contribution in [2.24, 2.45) is 17.7 Å². The fourth-order valence-electron chi connectivity index (χ4n) is 2.70. The van der Waals surface area contributed by atoms with E-state index in [2.05, 4.69) is 19.3 Å². The van der Waals surface area contributed by atoms with Gasteiger partial charge in [0.25, 0.3) is 5.91 Å². The van der Waals surface area contributed by atoms with Crippen LogP contribution in [-0.4, -0.2) is 12.0 Å². The monoisotopic (exact) mass is 296 g/mol. The van der Waals surface area contributed by atoms with E-state index in [0.717, 1.165) is 35.1 Å². The van der Waals surface area contributed by atoms with Crippen LogP contribution >= 0.6 is 11.3 Å². The number of nitrogens with two attached hydrogens (primary N) is 1. The fraction of sp³-hybridized carbons (Fsp3) is 0.667. The molecule has 1 aliphatic carbocycles. The van der Waals surface area contributed by atoms with Gasteiger partial charge in [0.15, 0.2) is 0 Å². The van der Waals surface area contributed by atoms with Crippen LogP contribution in [0.1, 0.15) is 53.2 Å². The minimum absolute atomic E-state index is 0.232. The zero-order valence-corrected chi connectivity index (χ0v) is 13.3. The Morgan fingerprint density at radius 1 is 1.45 bits per heavy atom. The van der Waals surface area contributed by atoms with Crippen LogP contribution in [0.3, 0.4) is 0 Å². The highest BCUT2D eigenvalue weighted by molar-refractivity contribution is 7.14. The van der Waals surface area contributed by atoms with E-state index < -0.39 is 0 Å². The lowest BCUT2D eigenvalue weighted by atomic mass is 9.80. The summed E-state index contributed by atoms with van der Waals surface area (Å²) in [6.45, 7) is 7.23. The molecule has 3 atom stereocenters. The molecule has 1 aromatic heterocycles. The van der Waals surface area contributed by atoms with Gasteiger partial charge in [-0.2, -0.15) is 0 Å². The van der Waals surface area contributed by atoms with E-state index in [0.29, 0.717) is 17.6 Å². The number of amides is 1. The highest BCUT2D eigenvalue weighted by atomic mass is 32.1. The highest BCUT2D eigenvalue weighted by Crippen LogP contribution is 2.32. The zero-order chi connectivity index (χ0) is 14.7. The van der Waals surface area contributed by atoms with Gasteiger partial charge in [0, 0.05) is 4.88 Å². The smallest absolute Gasteiger partial charge is 0.275 e. The summed E-state index contributed by atoms with van der Waals surface area (Å²) in [4.78, 5) is 13.3. The van der Waals surface area contributed by atoms with Gasteiger partial charge >= 0.3 is 0 Å². The molecular weight excluding hydrogens is 272 g/mol. The Labute approximate surface area is 124 Å². The van der Waals surface area contributed by atoms with Crippen molar-refractivity contribution in [1.29, 1.82) is 0 Å². The number of thiophene rings is 1. The minimum atomic E-state index is -0.232. The van der Waals surface area contributed by atoms with Gasteiger partial charge in [0.2, 0.25) is 0 Å². The maximum atomic E-state index is 11.5. The number of hydrogen-bond acceptors (Lipinski definition) is 4. The maximum Gasteiger partial charge on any atom is 0.275 e. The Kier molecular flexibility index (Phi) is 5.18.